The molecule has 0 aromatic rings. The number of hydrogen-bond acceptors (Lipinski definition) is 1. The van der Waals surface area contributed by atoms with E-state index in [0.29, 0.717) is 0 Å². The maximum atomic E-state index is 3.84. The van der Waals surface area contributed by atoms with Gasteiger partial charge < -0.3 is 5.32 Å². The van der Waals surface area contributed by atoms with Gasteiger partial charge in [0.15, 0.2) is 0 Å². The maximum absolute atomic E-state index is 3.84. The minimum absolute atomic E-state index is 0.757. The van der Waals surface area contributed by atoms with E-state index in [2.05, 4.69) is 18.8 Å². The number of nitrogens with one attached hydrogen (secondary N) is 1. The summed E-state index contributed by atoms with van der Waals surface area (Å²) in [5.74, 6) is 0. The van der Waals surface area contributed by atoms with Crippen molar-refractivity contribution in [3.8, 4) is 0 Å². The average molecular weight is 111 g/mol. The Bertz CT molecular complexity index is 92.6. The smallest absolute Gasteiger partial charge is 0.0116 e. The van der Waals surface area contributed by atoms with Gasteiger partial charge in [-0.3, -0.25) is 0 Å². The molecule has 1 unspecified atom stereocenters. The zero-order valence-corrected chi connectivity index (χ0v) is 5.41. The summed E-state index contributed by atoms with van der Waals surface area (Å²) < 4.78 is 0. The van der Waals surface area contributed by atoms with E-state index in [9.17, 15) is 0 Å². The Morgan fingerprint density at radius 3 is 2.62 bits per heavy atom. The molecule has 1 nitrogen and oxygen atoms in total. The fraction of sp³-hybridized carbons (Fsp3) is 0.714. The van der Waals surface area contributed by atoms with Crippen LogP contribution in [0.5, 0.6) is 0 Å². The first-order chi connectivity index (χ1) is 3.79. The van der Waals surface area contributed by atoms with Gasteiger partial charge in [-0.2, -0.15) is 0 Å². The minimum Gasteiger partial charge on any atom is -0.314 e. The van der Waals surface area contributed by atoms with Crippen LogP contribution in [0.4, 0.5) is 0 Å². The van der Waals surface area contributed by atoms with Gasteiger partial charge in [0, 0.05) is 6.04 Å². The van der Waals surface area contributed by atoms with E-state index in [-0.39, 0.29) is 0 Å². The highest BCUT2D eigenvalue weighted by molar-refractivity contribution is 4.95. The highest BCUT2D eigenvalue weighted by atomic mass is 15.0. The van der Waals surface area contributed by atoms with Gasteiger partial charge in [-0.1, -0.05) is 5.57 Å². The quantitative estimate of drug-likeness (QED) is 0.530. The predicted molar refractivity (Wildman–Crippen MR) is 35.8 cm³/mol. The van der Waals surface area contributed by atoms with Crippen LogP contribution in [0.1, 0.15) is 19.8 Å². The third kappa shape index (κ3) is 1.34. The molecular weight excluding hydrogens is 98.1 g/mol. The van der Waals surface area contributed by atoms with Crippen molar-refractivity contribution in [3.63, 3.8) is 0 Å². The molecular formula is C7H13N. The van der Waals surface area contributed by atoms with Crippen LogP contribution in [0.25, 0.3) is 0 Å². The van der Waals surface area contributed by atoms with Crippen molar-refractivity contribution in [1.29, 1.82) is 0 Å². The summed E-state index contributed by atoms with van der Waals surface area (Å²) in [5.41, 5.74) is 1.29. The van der Waals surface area contributed by atoms with Crippen LogP contribution in [0.2, 0.25) is 0 Å². The van der Waals surface area contributed by atoms with Crippen molar-refractivity contribution < 1.29 is 0 Å². The van der Waals surface area contributed by atoms with Crippen molar-refractivity contribution in [2.75, 3.05) is 6.54 Å². The lowest BCUT2D eigenvalue weighted by molar-refractivity contribution is 0.369. The summed E-state index contributed by atoms with van der Waals surface area (Å²) in [6, 6.07) is 0.757. The Balaban J connectivity index is 2.09. The van der Waals surface area contributed by atoms with Crippen LogP contribution in [0.15, 0.2) is 12.2 Å². The van der Waals surface area contributed by atoms with E-state index >= 15 is 0 Å². The van der Waals surface area contributed by atoms with Gasteiger partial charge in [-0.25, -0.2) is 0 Å². The molecule has 1 rings (SSSR count). The lowest BCUT2D eigenvalue weighted by Gasteiger charge is -2.27. The summed E-state index contributed by atoms with van der Waals surface area (Å²) in [4.78, 5) is 0. The molecule has 1 heterocycles. The van der Waals surface area contributed by atoms with Crippen LogP contribution in [-0.4, -0.2) is 12.6 Å². The molecule has 1 atom stereocenters. The van der Waals surface area contributed by atoms with Gasteiger partial charge in [0.25, 0.3) is 0 Å². The molecule has 0 aromatic heterocycles. The Morgan fingerprint density at radius 1 is 1.88 bits per heavy atom. The Labute approximate surface area is 50.8 Å². The standard InChI is InChI=1S/C7H13N/c1-6(2)5-7-3-4-8-7/h7-8H,1,3-5H2,2H3. The van der Waals surface area contributed by atoms with Crippen LogP contribution in [-0.2, 0) is 0 Å². The van der Waals surface area contributed by atoms with Crippen LogP contribution < -0.4 is 5.32 Å². The van der Waals surface area contributed by atoms with Crippen molar-refractivity contribution in [2.24, 2.45) is 0 Å². The van der Waals surface area contributed by atoms with Gasteiger partial charge in [-0.05, 0) is 26.3 Å². The number of hydrogen-bond donors (Lipinski definition) is 1. The van der Waals surface area contributed by atoms with Crippen molar-refractivity contribution in [2.45, 2.75) is 25.8 Å². The zero-order valence-electron chi connectivity index (χ0n) is 5.41. The van der Waals surface area contributed by atoms with Crippen LogP contribution in [0.3, 0.4) is 0 Å². The zero-order chi connectivity index (χ0) is 5.98. The third-order valence-electron chi connectivity index (χ3n) is 1.52. The fourth-order valence-corrected chi connectivity index (χ4v) is 0.943. The Kier molecular flexibility index (Phi) is 1.69. The molecule has 1 fully saturated rings. The van der Waals surface area contributed by atoms with Crippen molar-refractivity contribution in [3.05, 3.63) is 12.2 Å². The Morgan fingerprint density at radius 2 is 2.50 bits per heavy atom. The lowest BCUT2D eigenvalue weighted by atomic mass is 10.0. The average Bonchev–Trinajstić information content (AvgIpc) is 1.55. The molecule has 1 saturated heterocycles. The van der Waals surface area contributed by atoms with Gasteiger partial charge in [0.2, 0.25) is 0 Å². The summed E-state index contributed by atoms with van der Waals surface area (Å²) in [6.07, 6.45) is 2.51. The van der Waals surface area contributed by atoms with Gasteiger partial charge in [0.05, 0.1) is 0 Å². The molecule has 1 heteroatoms. The lowest BCUT2D eigenvalue weighted by Crippen LogP contribution is -2.42. The predicted octanol–water partition coefficient (Wildman–Crippen LogP) is 1.31. The van der Waals surface area contributed by atoms with E-state index < -0.39 is 0 Å². The molecule has 0 amide bonds. The first kappa shape index (κ1) is 5.83. The molecule has 46 valence electrons. The molecule has 0 saturated carbocycles. The van der Waals surface area contributed by atoms with E-state index in [0.717, 1.165) is 6.04 Å². The molecule has 1 aliphatic rings. The molecule has 0 spiro atoms. The molecule has 0 radical (unpaired) electrons. The third-order valence-corrected chi connectivity index (χ3v) is 1.52. The van der Waals surface area contributed by atoms with Crippen LogP contribution in [0, 0.1) is 0 Å². The van der Waals surface area contributed by atoms with Gasteiger partial charge in [0.1, 0.15) is 0 Å². The van der Waals surface area contributed by atoms with E-state index in [1.54, 1.807) is 0 Å². The first-order valence-corrected chi connectivity index (χ1v) is 3.17. The molecule has 0 bridgehead atoms. The second-order valence-electron chi connectivity index (χ2n) is 2.60. The SMILES string of the molecule is C=C(C)CC1CCN1. The summed E-state index contributed by atoms with van der Waals surface area (Å²) in [7, 11) is 0. The van der Waals surface area contributed by atoms with Crippen LogP contribution >= 0.6 is 0 Å². The Hall–Kier alpha value is -0.300. The van der Waals surface area contributed by atoms with E-state index in [1.807, 2.05) is 0 Å². The topological polar surface area (TPSA) is 12.0 Å². The highest BCUT2D eigenvalue weighted by Gasteiger charge is 2.14. The summed E-state index contributed by atoms with van der Waals surface area (Å²) in [6.45, 7) is 7.13. The number of rotatable bonds is 2. The van der Waals surface area contributed by atoms with Crippen molar-refractivity contribution in [1.82, 2.24) is 5.32 Å². The monoisotopic (exact) mass is 111 g/mol. The second kappa shape index (κ2) is 2.31. The van der Waals surface area contributed by atoms with E-state index in [1.165, 1.54) is 25.0 Å². The highest BCUT2D eigenvalue weighted by Crippen LogP contribution is 2.10. The minimum atomic E-state index is 0.757. The second-order valence-corrected chi connectivity index (χ2v) is 2.60. The molecule has 0 aliphatic carbocycles. The largest absolute Gasteiger partial charge is 0.314 e. The maximum Gasteiger partial charge on any atom is 0.0116 e. The van der Waals surface area contributed by atoms with Gasteiger partial charge in [-0.15, -0.1) is 6.58 Å². The summed E-state index contributed by atoms with van der Waals surface area (Å²) >= 11 is 0. The first-order valence-electron chi connectivity index (χ1n) is 3.17. The molecule has 0 aromatic carbocycles. The fourth-order valence-electron chi connectivity index (χ4n) is 0.943. The van der Waals surface area contributed by atoms with E-state index in [4.69, 9.17) is 0 Å². The summed E-state index contributed by atoms with van der Waals surface area (Å²) in [5, 5.41) is 3.32. The normalized spacial score (nSPS) is 26.9. The van der Waals surface area contributed by atoms with Crippen molar-refractivity contribution >= 4 is 0 Å². The molecule has 8 heavy (non-hydrogen) atoms. The molecule has 1 N–H and O–H groups in total. The van der Waals surface area contributed by atoms with Gasteiger partial charge >= 0.3 is 0 Å². The molecule has 1 aliphatic heterocycles.